The van der Waals surface area contributed by atoms with E-state index in [1.165, 1.54) is 0 Å². The summed E-state index contributed by atoms with van der Waals surface area (Å²) in [7, 11) is 0. The van der Waals surface area contributed by atoms with Crippen molar-refractivity contribution in [1.29, 1.82) is 0 Å². The van der Waals surface area contributed by atoms with Crippen LogP contribution >= 0.6 is 23.2 Å². The van der Waals surface area contributed by atoms with Crippen molar-refractivity contribution < 1.29 is 14.5 Å². The van der Waals surface area contributed by atoms with Gasteiger partial charge in [-0.05, 0) is 12.1 Å². The Morgan fingerprint density at radius 3 is 2.15 bits per heavy atom. The zero-order valence-electron chi connectivity index (χ0n) is 9.88. The van der Waals surface area contributed by atoms with Crippen LogP contribution in [0.25, 0.3) is 0 Å². The molecule has 0 saturated carbocycles. The van der Waals surface area contributed by atoms with E-state index in [1.54, 1.807) is 30.3 Å². The van der Waals surface area contributed by atoms with Crippen LogP contribution < -0.4 is 4.74 Å². The molecular formula is C13H7Cl2NO4. The van der Waals surface area contributed by atoms with Gasteiger partial charge in [-0.3, -0.25) is 10.1 Å². The van der Waals surface area contributed by atoms with Crippen LogP contribution in [0.1, 0.15) is 10.4 Å². The zero-order valence-corrected chi connectivity index (χ0v) is 11.4. The monoisotopic (exact) mass is 311 g/mol. The first-order valence-corrected chi connectivity index (χ1v) is 6.15. The molecule has 2 rings (SSSR count). The number of ether oxygens (including phenoxy) is 1. The quantitative estimate of drug-likeness (QED) is 0.370. The van der Waals surface area contributed by atoms with Crippen molar-refractivity contribution in [2.75, 3.05) is 0 Å². The van der Waals surface area contributed by atoms with Crippen molar-refractivity contribution >= 4 is 34.9 Å². The first kappa shape index (κ1) is 14.3. The van der Waals surface area contributed by atoms with Crippen molar-refractivity contribution in [3.8, 4) is 5.75 Å². The van der Waals surface area contributed by atoms with E-state index in [2.05, 4.69) is 0 Å². The van der Waals surface area contributed by atoms with E-state index in [1.807, 2.05) is 0 Å². The molecule has 0 N–H and O–H groups in total. The summed E-state index contributed by atoms with van der Waals surface area (Å²) in [4.78, 5) is 21.9. The van der Waals surface area contributed by atoms with Gasteiger partial charge in [0, 0.05) is 12.1 Å². The highest BCUT2D eigenvalue weighted by atomic mass is 35.5. The summed E-state index contributed by atoms with van der Waals surface area (Å²) >= 11 is 11.7. The third-order valence-electron chi connectivity index (χ3n) is 2.40. The maximum absolute atomic E-state index is 11.9. The fourth-order valence-corrected chi connectivity index (χ4v) is 2.03. The number of nitrogens with zero attached hydrogens (tertiary/aromatic N) is 1. The largest absolute Gasteiger partial charge is 0.420 e. The zero-order chi connectivity index (χ0) is 14.7. The average molecular weight is 312 g/mol. The molecule has 0 aromatic heterocycles. The van der Waals surface area contributed by atoms with Crippen molar-refractivity contribution in [3.63, 3.8) is 0 Å². The summed E-state index contributed by atoms with van der Waals surface area (Å²) in [5, 5.41) is 10.4. The Hall–Kier alpha value is -2.11. The summed E-state index contributed by atoms with van der Waals surface area (Å²) < 4.78 is 5.07. The minimum atomic E-state index is -0.650. The molecule has 0 radical (unpaired) electrons. The molecule has 2 aromatic rings. The van der Waals surface area contributed by atoms with E-state index in [0.717, 1.165) is 12.1 Å². The molecule has 0 saturated heterocycles. The third-order valence-corrected chi connectivity index (χ3v) is 2.96. The van der Waals surface area contributed by atoms with E-state index >= 15 is 0 Å². The Morgan fingerprint density at radius 1 is 1.10 bits per heavy atom. The van der Waals surface area contributed by atoms with E-state index in [4.69, 9.17) is 27.9 Å². The number of hydrogen-bond donors (Lipinski definition) is 0. The number of nitro benzene ring substituents is 1. The summed E-state index contributed by atoms with van der Waals surface area (Å²) in [5.74, 6) is -0.754. The molecule has 0 atom stereocenters. The van der Waals surface area contributed by atoms with Crippen LogP contribution in [0.2, 0.25) is 10.0 Å². The van der Waals surface area contributed by atoms with Gasteiger partial charge in [0.05, 0.1) is 20.5 Å². The molecule has 0 aliphatic carbocycles. The normalized spacial score (nSPS) is 10.1. The van der Waals surface area contributed by atoms with Crippen LogP contribution in [0, 0.1) is 10.1 Å². The molecule has 0 spiro atoms. The Labute approximate surface area is 123 Å². The van der Waals surface area contributed by atoms with Crippen LogP contribution in [0.3, 0.4) is 0 Å². The van der Waals surface area contributed by atoms with Gasteiger partial charge in [0.2, 0.25) is 0 Å². The van der Waals surface area contributed by atoms with Gasteiger partial charge in [0.25, 0.3) is 5.69 Å². The van der Waals surface area contributed by atoms with Crippen LogP contribution in [0.5, 0.6) is 5.75 Å². The maximum Gasteiger partial charge on any atom is 0.343 e. The molecule has 0 amide bonds. The van der Waals surface area contributed by atoms with E-state index < -0.39 is 10.9 Å². The van der Waals surface area contributed by atoms with Crippen molar-refractivity contribution in [2.45, 2.75) is 0 Å². The molecule has 0 bridgehead atoms. The molecular weight excluding hydrogens is 305 g/mol. The smallest absolute Gasteiger partial charge is 0.343 e. The van der Waals surface area contributed by atoms with Crippen LogP contribution in [-0.2, 0) is 0 Å². The first-order valence-electron chi connectivity index (χ1n) is 5.39. The molecule has 0 aliphatic heterocycles. The lowest BCUT2D eigenvalue weighted by Gasteiger charge is -2.08. The Kier molecular flexibility index (Phi) is 4.22. The Bertz CT molecular complexity index is 650. The molecule has 20 heavy (non-hydrogen) atoms. The van der Waals surface area contributed by atoms with Gasteiger partial charge in [-0.1, -0.05) is 41.4 Å². The van der Waals surface area contributed by atoms with Crippen LogP contribution in [0.15, 0.2) is 42.5 Å². The second-order valence-corrected chi connectivity index (χ2v) is 4.57. The molecule has 7 heteroatoms. The highest BCUT2D eigenvalue weighted by molar-refractivity contribution is 6.37. The van der Waals surface area contributed by atoms with Gasteiger partial charge in [-0.25, -0.2) is 4.79 Å². The Morgan fingerprint density at radius 2 is 1.65 bits per heavy atom. The van der Waals surface area contributed by atoms with Gasteiger partial charge in [0.1, 0.15) is 0 Å². The number of halogens is 2. The third kappa shape index (κ3) is 3.07. The summed E-state index contributed by atoms with van der Waals surface area (Å²) in [6, 6.07) is 10.4. The van der Waals surface area contributed by atoms with Crippen molar-refractivity contribution in [1.82, 2.24) is 0 Å². The van der Waals surface area contributed by atoms with E-state index in [-0.39, 0.29) is 21.5 Å². The lowest BCUT2D eigenvalue weighted by atomic mass is 10.2. The van der Waals surface area contributed by atoms with Crippen molar-refractivity contribution in [3.05, 3.63) is 68.2 Å². The van der Waals surface area contributed by atoms with E-state index in [0.29, 0.717) is 5.56 Å². The first-order chi connectivity index (χ1) is 9.49. The van der Waals surface area contributed by atoms with Crippen LogP contribution in [0.4, 0.5) is 5.69 Å². The fourth-order valence-electron chi connectivity index (χ4n) is 1.48. The van der Waals surface area contributed by atoms with Gasteiger partial charge in [-0.15, -0.1) is 0 Å². The molecule has 0 aliphatic rings. The lowest BCUT2D eigenvalue weighted by Crippen LogP contribution is -2.09. The second kappa shape index (κ2) is 5.90. The van der Waals surface area contributed by atoms with Gasteiger partial charge >= 0.3 is 5.97 Å². The Balaban J connectivity index is 2.31. The minimum absolute atomic E-state index is 0.103. The standard InChI is InChI=1S/C13H7Cl2NO4/c14-10-6-9(16(18)19)7-11(15)12(10)20-13(17)8-4-2-1-3-5-8/h1-7H. The fraction of sp³-hybridized carbons (Fsp3) is 0. The van der Waals surface area contributed by atoms with Crippen LogP contribution in [-0.4, -0.2) is 10.9 Å². The minimum Gasteiger partial charge on any atom is -0.420 e. The topological polar surface area (TPSA) is 69.4 Å². The highest BCUT2D eigenvalue weighted by Crippen LogP contribution is 2.37. The maximum atomic E-state index is 11.9. The number of benzene rings is 2. The number of non-ortho nitro benzene ring substituents is 1. The molecule has 0 fully saturated rings. The number of esters is 1. The highest BCUT2D eigenvalue weighted by Gasteiger charge is 2.18. The number of carbonyl (C=O) groups is 1. The lowest BCUT2D eigenvalue weighted by molar-refractivity contribution is -0.384. The number of hydrogen-bond acceptors (Lipinski definition) is 4. The number of nitro groups is 1. The molecule has 2 aromatic carbocycles. The van der Waals surface area contributed by atoms with E-state index in [9.17, 15) is 14.9 Å². The molecule has 102 valence electrons. The van der Waals surface area contributed by atoms with Gasteiger partial charge in [0.15, 0.2) is 5.75 Å². The summed E-state index contributed by atoms with van der Waals surface area (Å²) in [6.45, 7) is 0. The van der Waals surface area contributed by atoms with Gasteiger partial charge in [-0.2, -0.15) is 0 Å². The summed E-state index contributed by atoms with van der Waals surface area (Å²) in [5.41, 5.74) is 0.0393. The predicted molar refractivity (Wildman–Crippen MR) is 74.5 cm³/mol. The SMILES string of the molecule is O=C(Oc1c(Cl)cc([N+](=O)[O-])cc1Cl)c1ccccc1. The van der Waals surface area contributed by atoms with Gasteiger partial charge < -0.3 is 4.74 Å². The molecule has 5 nitrogen and oxygen atoms in total. The second-order valence-electron chi connectivity index (χ2n) is 3.75. The number of carbonyl (C=O) groups excluding carboxylic acids is 1. The van der Waals surface area contributed by atoms with Crippen molar-refractivity contribution in [2.24, 2.45) is 0 Å². The number of rotatable bonds is 3. The average Bonchev–Trinajstić information content (AvgIpc) is 2.43. The molecule has 0 unspecified atom stereocenters. The predicted octanol–water partition coefficient (Wildman–Crippen LogP) is 4.12. The molecule has 0 heterocycles. The summed E-state index contributed by atoms with van der Waals surface area (Å²) in [6.07, 6.45) is 0.